The zero-order valence-corrected chi connectivity index (χ0v) is 6.60. The Kier molecular flexibility index (Phi) is 3.05. The van der Waals surface area contributed by atoms with Gasteiger partial charge < -0.3 is 5.32 Å². The van der Waals surface area contributed by atoms with E-state index in [1.165, 1.54) is 17.7 Å². The second-order valence-electron chi connectivity index (χ2n) is 2.51. The van der Waals surface area contributed by atoms with Gasteiger partial charge in [0.1, 0.15) is 5.83 Å². The SMILES string of the molecule is CNCC1=CC=C(F)C=CC1. The van der Waals surface area contributed by atoms with Crippen LogP contribution in [0.1, 0.15) is 6.42 Å². The molecule has 0 heterocycles. The molecule has 0 unspecified atom stereocenters. The summed E-state index contributed by atoms with van der Waals surface area (Å²) in [7, 11) is 1.88. The van der Waals surface area contributed by atoms with Gasteiger partial charge >= 0.3 is 0 Å². The minimum atomic E-state index is -0.170. The molecule has 2 heteroatoms. The van der Waals surface area contributed by atoms with Crippen LogP contribution in [0.25, 0.3) is 0 Å². The molecule has 11 heavy (non-hydrogen) atoms. The molecular formula is C9H12FN. The summed E-state index contributed by atoms with van der Waals surface area (Å²) in [4.78, 5) is 0. The van der Waals surface area contributed by atoms with Crippen molar-refractivity contribution in [3.05, 3.63) is 35.7 Å². The van der Waals surface area contributed by atoms with E-state index < -0.39 is 0 Å². The van der Waals surface area contributed by atoms with Gasteiger partial charge in [0.25, 0.3) is 0 Å². The molecule has 1 N–H and O–H groups in total. The first kappa shape index (κ1) is 8.21. The van der Waals surface area contributed by atoms with Crippen LogP contribution < -0.4 is 5.32 Å². The minimum Gasteiger partial charge on any atom is -0.316 e. The molecule has 1 nitrogen and oxygen atoms in total. The highest BCUT2D eigenvalue weighted by Gasteiger charge is 1.96. The van der Waals surface area contributed by atoms with E-state index in [9.17, 15) is 4.39 Å². The molecule has 0 saturated heterocycles. The van der Waals surface area contributed by atoms with E-state index in [1.54, 1.807) is 0 Å². The molecule has 0 fully saturated rings. The first-order valence-electron chi connectivity index (χ1n) is 3.69. The summed E-state index contributed by atoms with van der Waals surface area (Å²) < 4.78 is 12.6. The minimum absolute atomic E-state index is 0.170. The van der Waals surface area contributed by atoms with Crippen LogP contribution in [0, 0.1) is 0 Å². The predicted molar refractivity (Wildman–Crippen MR) is 45.0 cm³/mol. The topological polar surface area (TPSA) is 12.0 Å². The first-order valence-corrected chi connectivity index (χ1v) is 3.69. The van der Waals surface area contributed by atoms with E-state index in [4.69, 9.17) is 0 Å². The standard InChI is InChI=1S/C9H12FN/c1-11-7-8-3-2-4-9(10)6-5-8/h2,4-6,11H,3,7H2,1H3. The summed E-state index contributed by atoms with van der Waals surface area (Å²) in [6.07, 6.45) is 7.49. The predicted octanol–water partition coefficient (Wildman–Crippen LogP) is 1.95. The van der Waals surface area contributed by atoms with Gasteiger partial charge in [0.2, 0.25) is 0 Å². The highest BCUT2D eigenvalue weighted by atomic mass is 19.1. The fraction of sp³-hybridized carbons (Fsp3) is 0.333. The van der Waals surface area contributed by atoms with E-state index in [0.29, 0.717) is 0 Å². The second kappa shape index (κ2) is 4.09. The fourth-order valence-corrected chi connectivity index (χ4v) is 1.00. The molecule has 0 aromatic carbocycles. The van der Waals surface area contributed by atoms with E-state index in [1.807, 2.05) is 19.2 Å². The van der Waals surface area contributed by atoms with Gasteiger partial charge in [-0.05, 0) is 25.6 Å². The first-order chi connectivity index (χ1) is 5.33. The van der Waals surface area contributed by atoms with Crippen LogP contribution in [0.4, 0.5) is 4.39 Å². The van der Waals surface area contributed by atoms with Crippen LogP contribution in [-0.2, 0) is 0 Å². The van der Waals surface area contributed by atoms with Gasteiger partial charge in [-0.3, -0.25) is 0 Å². The number of hydrogen-bond acceptors (Lipinski definition) is 1. The van der Waals surface area contributed by atoms with Crippen LogP contribution in [0.5, 0.6) is 0 Å². The molecule has 60 valence electrons. The van der Waals surface area contributed by atoms with Gasteiger partial charge in [0, 0.05) is 6.54 Å². The molecule has 0 aromatic rings. The van der Waals surface area contributed by atoms with Gasteiger partial charge in [-0.1, -0.05) is 17.7 Å². The molecule has 1 aliphatic rings. The number of likely N-dealkylation sites (N-methyl/N-ethyl adjacent to an activating group) is 1. The monoisotopic (exact) mass is 153 g/mol. The maximum absolute atomic E-state index is 12.6. The molecule has 0 spiro atoms. The maximum atomic E-state index is 12.6. The van der Waals surface area contributed by atoms with Crippen LogP contribution >= 0.6 is 0 Å². The quantitative estimate of drug-likeness (QED) is 0.639. The molecule has 0 aliphatic heterocycles. The maximum Gasteiger partial charge on any atom is 0.122 e. The Morgan fingerprint density at radius 3 is 3.09 bits per heavy atom. The number of allylic oxidation sites excluding steroid dienone is 5. The molecule has 0 saturated carbocycles. The highest BCUT2D eigenvalue weighted by Crippen LogP contribution is 2.10. The average Bonchev–Trinajstić information content (AvgIpc) is 2.17. The highest BCUT2D eigenvalue weighted by molar-refractivity contribution is 5.27. The Bertz CT molecular complexity index is 214. The molecule has 0 atom stereocenters. The lowest BCUT2D eigenvalue weighted by atomic mass is 10.2. The molecular weight excluding hydrogens is 141 g/mol. The summed E-state index contributed by atoms with van der Waals surface area (Å²) in [5.74, 6) is -0.170. The van der Waals surface area contributed by atoms with Crippen molar-refractivity contribution in [1.82, 2.24) is 5.32 Å². The van der Waals surface area contributed by atoms with Crippen LogP contribution in [-0.4, -0.2) is 13.6 Å². The number of hydrogen-bond donors (Lipinski definition) is 1. The van der Waals surface area contributed by atoms with Crippen molar-refractivity contribution in [2.45, 2.75) is 6.42 Å². The van der Waals surface area contributed by atoms with E-state index in [0.717, 1.165) is 13.0 Å². The van der Waals surface area contributed by atoms with Crippen molar-refractivity contribution in [3.8, 4) is 0 Å². The Morgan fingerprint density at radius 1 is 1.55 bits per heavy atom. The van der Waals surface area contributed by atoms with Gasteiger partial charge in [0.15, 0.2) is 0 Å². The van der Waals surface area contributed by atoms with Crippen molar-refractivity contribution >= 4 is 0 Å². The summed E-state index contributed by atoms with van der Waals surface area (Å²) in [5, 5.41) is 3.03. The lowest BCUT2D eigenvalue weighted by Gasteiger charge is -1.99. The van der Waals surface area contributed by atoms with Crippen LogP contribution in [0.3, 0.4) is 0 Å². The van der Waals surface area contributed by atoms with E-state index in [2.05, 4.69) is 5.32 Å². The molecule has 1 aliphatic carbocycles. The van der Waals surface area contributed by atoms with Crippen molar-refractivity contribution < 1.29 is 4.39 Å². The average molecular weight is 153 g/mol. The third-order valence-electron chi connectivity index (χ3n) is 1.54. The van der Waals surface area contributed by atoms with Crippen LogP contribution in [0.2, 0.25) is 0 Å². The number of rotatable bonds is 2. The number of nitrogens with one attached hydrogen (secondary N) is 1. The normalized spacial score (nSPS) is 17.3. The van der Waals surface area contributed by atoms with Gasteiger partial charge in [-0.25, -0.2) is 4.39 Å². The Morgan fingerprint density at radius 2 is 2.36 bits per heavy atom. The van der Waals surface area contributed by atoms with Gasteiger partial charge in [0.05, 0.1) is 0 Å². The third kappa shape index (κ3) is 2.68. The van der Waals surface area contributed by atoms with Crippen molar-refractivity contribution in [3.63, 3.8) is 0 Å². The Labute approximate surface area is 66.3 Å². The molecule has 0 amide bonds. The Balaban J connectivity index is 2.62. The van der Waals surface area contributed by atoms with E-state index >= 15 is 0 Å². The lowest BCUT2D eigenvalue weighted by Crippen LogP contribution is -2.09. The molecule has 1 rings (SSSR count). The summed E-state index contributed by atoms with van der Waals surface area (Å²) in [5.41, 5.74) is 1.21. The second-order valence-corrected chi connectivity index (χ2v) is 2.51. The third-order valence-corrected chi connectivity index (χ3v) is 1.54. The molecule has 0 aromatic heterocycles. The summed E-state index contributed by atoms with van der Waals surface area (Å²) >= 11 is 0. The molecule has 0 radical (unpaired) electrons. The summed E-state index contributed by atoms with van der Waals surface area (Å²) in [6, 6.07) is 0. The van der Waals surface area contributed by atoms with Crippen molar-refractivity contribution in [2.75, 3.05) is 13.6 Å². The fourth-order valence-electron chi connectivity index (χ4n) is 1.00. The van der Waals surface area contributed by atoms with Crippen molar-refractivity contribution in [1.29, 1.82) is 0 Å². The van der Waals surface area contributed by atoms with Gasteiger partial charge in [-0.15, -0.1) is 0 Å². The lowest BCUT2D eigenvalue weighted by molar-refractivity contribution is 0.667. The van der Waals surface area contributed by atoms with E-state index in [-0.39, 0.29) is 5.83 Å². The van der Waals surface area contributed by atoms with Gasteiger partial charge in [-0.2, -0.15) is 0 Å². The van der Waals surface area contributed by atoms with Crippen LogP contribution in [0.15, 0.2) is 35.7 Å². The largest absolute Gasteiger partial charge is 0.316 e. The molecule has 0 bridgehead atoms. The number of halogens is 1. The van der Waals surface area contributed by atoms with Crippen molar-refractivity contribution in [2.24, 2.45) is 0 Å². The zero-order chi connectivity index (χ0) is 8.10. The smallest absolute Gasteiger partial charge is 0.122 e. The Hall–Kier alpha value is -0.890. The zero-order valence-electron chi connectivity index (χ0n) is 6.60. The summed E-state index contributed by atoms with van der Waals surface area (Å²) in [6.45, 7) is 0.828.